The molecule has 0 aliphatic carbocycles. The molecule has 4 heteroatoms. The topological polar surface area (TPSA) is 9.23 Å². The second kappa shape index (κ2) is 4.12. The van der Waals surface area contributed by atoms with Crippen LogP contribution in [0, 0.1) is 5.41 Å². The maximum absolute atomic E-state index is 12.2. The molecule has 0 unspecified atom stereocenters. The second-order valence-electron chi connectivity index (χ2n) is 3.48. The van der Waals surface area contributed by atoms with Crippen molar-refractivity contribution in [2.24, 2.45) is 5.41 Å². The van der Waals surface area contributed by atoms with Gasteiger partial charge < -0.3 is 4.74 Å². The van der Waals surface area contributed by atoms with Crippen molar-refractivity contribution in [3.8, 4) is 0 Å². The van der Waals surface area contributed by atoms with Gasteiger partial charge in [-0.3, -0.25) is 0 Å². The summed E-state index contributed by atoms with van der Waals surface area (Å²) in [7, 11) is 1.49. The minimum atomic E-state index is -4.11. The van der Waals surface area contributed by atoms with Crippen LogP contribution in [0.2, 0.25) is 0 Å². The smallest absolute Gasteiger partial charge is 0.385 e. The van der Waals surface area contributed by atoms with E-state index in [1.807, 2.05) is 0 Å². The molecule has 0 radical (unpaired) electrons. The van der Waals surface area contributed by atoms with E-state index in [2.05, 4.69) is 4.74 Å². The molecule has 0 amide bonds. The fraction of sp³-hybridized carbons (Fsp3) is 1.00. The van der Waals surface area contributed by atoms with Gasteiger partial charge in [0.05, 0.1) is 5.41 Å². The van der Waals surface area contributed by atoms with Crippen molar-refractivity contribution in [3.63, 3.8) is 0 Å². The lowest BCUT2D eigenvalue weighted by Crippen LogP contribution is -2.32. The zero-order chi connectivity index (χ0) is 9.83. The molecule has 0 spiro atoms. The third kappa shape index (κ3) is 3.43. The highest BCUT2D eigenvalue weighted by Gasteiger charge is 2.46. The summed E-state index contributed by atoms with van der Waals surface area (Å²) in [5, 5.41) is 0. The lowest BCUT2D eigenvalue weighted by atomic mass is 9.87. The van der Waals surface area contributed by atoms with Crippen LogP contribution in [0.3, 0.4) is 0 Å². The number of methoxy groups -OCH3 is 1. The Kier molecular flexibility index (Phi) is 4.03. The Balaban J connectivity index is 3.88. The summed E-state index contributed by atoms with van der Waals surface area (Å²) in [4.78, 5) is 0. The predicted octanol–water partition coefficient (Wildman–Crippen LogP) is 3.00. The fourth-order valence-electron chi connectivity index (χ4n) is 0.800. The SMILES string of the molecule is COCCCC(C)(C)C(F)(F)F. The summed E-state index contributed by atoms with van der Waals surface area (Å²) < 4.78 is 41.3. The first-order valence-electron chi connectivity index (χ1n) is 3.87. The molecule has 74 valence electrons. The molecule has 0 saturated carbocycles. The van der Waals surface area contributed by atoms with E-state index in [1.165, 1.54) is 21.0 Å². The molecule has 0 bridgehead atoms. The van der Waals surface area contributed by atoms with Gasteiger partial charge in [-0.15, -0.1) is 0 Å². The van der Waals surface area contributed by atoms with Crippen molar-refractivity contribution in [2.45, 2.75) is 32.9 Å². The summed E-state index contributed by atoms with van der Waals surface area (Å²) in [6, 6.07) is 0. The van der Waals surface area contributed by atoms with E-state index in [-0.39, 0.29) is 6.42 Å². The second-order valence-corrected chi connectivity index (χ2v) is 3.48. The molecule has 12 heavy (non-hydrogen) atoms. The van der Waals surface area contributed by atoms with Crippen LogP contribution >= 0.6 is 0 Å². The van der Waals surface area contributed by atoms with E-state index in [0.29, 0.717) is 13.0 Å². The highest BCUT2D eigenvalue weighted by molar-refractivity contribution is 4.76. The molecular formula is C8H15F3O. The number of hydrogen-bond donors (Lipinski definition) is 0. The Labute approximate surface area is 70.9 Å². The summed E-state index contributed by atoms with van der Waals surface area (Å²) in [6.45, 7) is 2.81. The van der Waals surface area contributed by atoms with Crippen LogP contribution in [0.4, 0.5) is 13.2 Å². The van der Waals surface area contributed by atoms with E-state index in [4.69, 9.17) is 0 Å². The zero-order valence-corrected chi connectivity index (χ0v) is 7.66. The van der Waals surface area contributed by atoms with Gasteiger partial charge in [0, 0.05) is 13.7 Å². The molecular weight excluding hydrogens is 169 g/mol. The van der Waals surface area contributed by atoms with Crippen LogP contribution < -0.4 is 0 Å². The quantitative estimate of drug-likeness (QED) is 0.610. The minimum Gasteiger partial charge on any atom is -0.385 e. The third-order valence-corrected chi connectivity index (χ3v) is 1.92. The standard InChI is InChI=1S/C8H15F3O/c1-7(2,8(9,10)11)5-4-6-12-3/h4-6H2,1-3H3. The van der Waals surface area contributed by atoms with Gasteiger partial charge in [0.25, 0.3) is 0 Å². The zero-order valence-electron chi connectivity index (χ0n) is 7.66. The molecule has 0 aromatic rings. The molecule has 0 saturated heterocycles. The van der Waals surface area contributed by atoms with Gasteiger partial charge in [0.2, 0.25) is 0 Å². The Morgan fingerprint density at radius 2 is 1.67 bits per heavy atom. The van der Waals surface area contributed by atoms with E-state index in [9.17, 15) is 13.2 Å². The maximum Gasteiger partial charge on any atom is 0.393 e. The first-order chi connectivity index (χ1) is 5.31. The summed E-state index contributed by atoms with van der Waals surface area (Å²) in [5.41, 5.74) is -1.59. The van der Waals surface area contributed by atoms with Gasteiger partial charge in [-0.2, -0.15) is 13.2 Å². The maximum atomic E-state index is 12.2. The Bertz CT molecular complexity index is 129. The van der Waals surface area contributed by atoms with Gasteiger partial charge in [-0.05, 0) is 12.8 Å². The van der Waals surface area contributed by atoms with Crippen molar-refractivity contribution in [1.29, 1.82) is 0 Å². The lowest BCUT2D eigenvalue weighted by molar-refractivity contribution is -0.214. The third-order valence-electron chi connectivity index (χ3n) is 1.92. The highest BCUT2D eigenvalue weighted by atomic mass is 19.4. The highest BCUT2D eigenvalue weighted by Crippen LogP contribution is 2.40. The van der Waals surface area contributed by atoms with Crippen LogP contribution in [0.1, 0.15) is 26.7 Å². The largest absolute Gasteiger partial charge is 0.393 e. The molecule has 0 N–H and O–H groups in total. The van der Waals surface area contributed by atoms with Crippen molar-refractivity contribution in [1.82, 2.24) is 0 Å². The molecule has 1 nitrogen and oxygen atoms in total. The van der Waals surface area contributed by atoms with Crippen molar-refractivity contribution >= 4 is 0 Å². The number of hydrogen-bond acceptors (Lipinski definition) is 1. The van der Waals surface area contributed by atoms with E-state index in [0.717, 1.165) is 0 Å². The monoisotopic (exact) mass is 184 g/mol. The van der Waals surface area contributed by atoms with E-state index >= 15 is 0 Å². The molecule has 0 aromatic carbocycles. The molecule has 0 aliphatic rings. The lowest BCUT2D eigenvalue weighted by Gasteiger charge is -2.27. The van der Waals surface area contributed by atoms with Crippen molar-refractivity contribution in [2.75, 3.05) is 13.7 Å². The van der Waals surface area contributed by atoms with E-state index in [1.54, 1.807) is 0 Å². The van der Waals surface area contributed by atoms with Crippen molar-refractivity contribution in [3.05, 3.63) is 0 Å². The average molecular weight is 184 g/mol. The van der Waals surface area contributed by atoms with E-state index < -0.39 is 11.6 Å². The van der Waals surface area contributed by atoms with Crippen LogP contribution in [-0.4, -0.2) is 19.9 Å². The molecule has 0 aromatic heterocycles. The minimum absolute atomic E-state index is 0.115. The number of ether oxygens (including phenoxy) is 1. The Morgan fingerprint density at radius 1 is 1.17 bits per heavy atom. The van der Waals surface area contributed by atoms with Crippen LogP contribution in [-0.2, 0) is 4.74 Å². The number of rotatable bonds is 4. The van der Waals surface area contributed by atoms with Gasteiger partial charge in [0.15, 0.2) is 0 Å². The van der Waals surface area contributed by atoms with Crippen molar-refractivity contribution < 1.29 is 17.9 Å². The molecule has 0 atom stereocenters. The normalized spacial score (nSPS) is 13.5. The molecule has 0 rings (SSSR count). The number of halogens is 3. The van der Waals surface area contributed by atoms with Gasteiger partial charge in [0.1, 0.15) is 0 Å². The Hall–Kier alpha value is -0.250. The summed E-state index contributed by atoms with van der Waals surface area (Å²) in [5.74, 6) is 0. The first-order valence-corrected chi connectivity index (χ1v) is 3.87. The van der Waals surface area contributed by atoms with Crippen LogP contribution in [0.25, 0.3) is 0 Å². The van der Waals surface area contributed by atoms with Crippen LogP contribution in [0.15, 0.2) is 0 Å². The Morgan fingerprint density at radius 3 is 2.00 bits per heavy atom. The van der Waals surface area contributed by atoms with Crippen LogP contribution in [0.5, 0.6) is 0 Å². The first kappa shape index (κ1) is 11.8. The average Bonchev–Trinajstić information content (AvgIpc) is 1.85. The molecule has 0 aliphatic heterocycles. The van der Waals surface area contributed by atoms with Gasteiger partial charge in [-0.25, -0.2) is 0 Å². The predicted molar refractivity (Wildman–Crippen MR) is 40.9 cm³/mol. The van der Waals surface area contributed by atoms with Gasteiger partial charge in [-0.1, -0.05) is 13.8 Å². The number of alkyl halides is 3. The summed E-state index contributed by atoms with van der Waals surface area (Å²) >= 11 is 0. The molecule has 0 fully saturated rings. The molecule has 0 heterocycles. The summed E-state index contributed by atoms with van der Waals surface area (Å²) in [6.07, 6.45) is -3.55. The fourth-order valence-corrected chi connectivity index (χ4v) is 0.800. The van der Waals surface area contributed by atoms with Gasteiger partial charge >= 0.3 is 6.18 Å².